The third-order valence-electron chi connectivity index (χ3n) is 2.84. The first-order valence-electron chi connectivity index (χ1n) is 5.44. The Morgan fingerprint density at radius 1 is 1.33 bits per heavy atom. The smallest absolute Gasteiger partial charge is 0.122 e. The van der Waals surface area contributed by atoms with Gasteiger partial charge in [-0.25, -0.2) is 0 Å². The van der Waals surface area contributed by atoms with Crippen LogP contribution in [0, 0.1) is 12.8 Å². The molecule has 0 spiro atoms. The van der Waals surface area contributed by atoms with E-state index in [1.165, 1.54) is 11.1 Å². The number of nitrogens with two attached hydrogens (primary N) is 1. The van der Waals surface area contributed by atoms with E-state index in [0.717, 1.165) is 5.75 Å². The maximum absolute atomic E-state index is 5.82. The summed E-state index contributed by atoms with van der Waals surface area (Å²) in [6, 6.07) is 6.27. The van der Waals surface area contributed by atoms with Crippen LogP contribution in [0.15, 0.2) is 18.2 Å². The van der Waals surface area contributed by atoms with Gasteiger partial charge in [-0.15, -0.1) is 0 Å². The molecular weight excluding hydrogens is 186 g/mol. The van der Waals surface area contributed by atoms with Crippen LogP contribution in [0.3, 0.4) is 0 Å². The maximum atomic E-state index is 5.82. The van der Waals surface area contributed by atoms with Crippen molar-refractivity contribution in [3.8, 4) is 5.75 Å². The zero-order valence-electron chi connectivity index (χ0n) is 10.1. The topological polar surface area (TPSA) is 35.2 Å². The summed E-state index contributed by atoms with van der Waals surface area (Å²) in [6.45, 7) is 7.15. The van der Waals surface area contributed by atoms with Gasteiger partial charge < -0.3 is 10.5 Å². The van der Waals surface area contributed by atoms with Gasteiger partial charge in [-0.2, -0.15) is 0 Å². The van der Waals surface area contributed by atoms with Crippen LogP contribution >= 0.6 is 0 Å². The normalized spacial score (nSPS) is 12.9. The summed E-state index contributed by atoms with van der Waals surface area (Å²) in [4.78, 5) is 0. The van der Waals surface area contributed by atoms with E-state index in [1.54, 1.807) is 7.11 Å². The van der Waals surface area contributed by atoms with Crippen molar-refractivity contribution in [2.75, 3.05) is 13.7 Å². The highest BCUT2D eigenvalue weighted by Crippen LogP contribution is 2.31. The lowest BCUT2D eigenvalue weighted by atomic mass is 9.87. The molecule has 1 unspecified atom stereocenters. The van der Waals surface area contributed by atoms with Crippen molar-refractivity contribution in [2.45, 2.75) is 26.7 Å². The lowest BCUT2D eigenvalue weighted by molar-refractivity contribution is 0.395. The minimum Gasteiger partial charge on any atom is -0.496 e. The molecule has 0 radical (unpaired) electrons. The minimum atomic E-state index is 0.375. The van der Waals surface area contributed by atoms with E-state index in [2.05, 4.69) is 32.9 Å². The summed E-state index contributed by atoms with van der Waals surface area (Å²) in [5.41, 5.74) is 8.31. The Hall–Kier alpha value is -1.02. The number of aryl methyl sites for hydroxylation is 1. The minimum absolute atomic E-state index is 0.375. The first-order chi connectivity index (χ1) is 7.10. The first kappa shape index (κ1) is 12.1. The number of methoxy groups -OCH3 is 1. The van der Waals surface area contributed by atoms with Gasteiger partial charge in [-0.1, -0.05) is 31.5 Å². The molecule has 0 bridgehead atoms. The average molecular weight is 207 g/mol. The molecule has 2 N–H and O–H groups in total. The van der Waals surface area contributed by atoms with Crippen LogP contribution in [0.1, 0.15) is 30.9 Å². The Bertz CT molecular complexity index is 320. The second-order valence-corrected chi connectivity index (χ2v) is 4.33. The van der Waals surface area contributed by atoms with Crippen molar-refractivity contribution in [3.05, 3.63) is 29.3 Å². The highest BCUT2D eigenvalue weighted by Gasteiger charge is 2.18. The first-order valence-corrected chi connectivity index (χ1v) is 5.44. The van der Waals surface area contributed by atoms with Gasteiger partial charge in [0.05, 0.1) is 7.11 Å². The van der Waals surface area contributed by atoms with Crippen LogP contribution in [0.5, 0.6) is 5.75 Å². The van der Waals surface area contributed by atoms with E-state index in [-0.39, 0.29) is 0 Å². The molecule has 1 rings (SSSR count). The van der Waals surface area contributed by atoms with Crippen LogP contribution in [0.4, 0.5) is 0 Å². The fraction of sp³-hybridized carbons (Fsp3) is 0.538. The van der Waals surface area contributed by atoms with Crippen molar-refractivity contribution >= 4 is 0 Å². The van der Waals surface area contributed by atoms with E-state index in [9.17, 15) is 0 Å². The standard InChI is InChI=1S/C13H21NO/c1-9(2)12(8-14)11-7-10(3)5-6-13(11)15-4/h5-7,9,12H,8,14H2,1-4H3. The van der Waals surface area contributed by atoms with Gasteiger partial charge in [0, 0.05) is 5.92 Å². The lowest BCUT2D eigenvalue weighted by Crippen LogP contribution is -2.18. The van der Waals surface area contributed by atoms with Crippen molar-refractivity contribution in [1.29, 1.82) is 0 Å². The Morgan fingerprint density at radius 3 is 2.47 bits per heavy atom. The molecule has 1 aromatic carbocycles. The Kier molecular flexibility index (Phi) is 4.15. The number of hydrogen-bond acceptors (Lipinski definition) is 2. The van der Waals surface area contributed by atoms with Crippen LogP contribution in [-0.2, 0) is 0 Å². The largest absolute Gasteiger partial charge is 0.496 e. The van der Waals surface area contributed by atoms with Gasteiger partial charge in [-0.05, 0) is 31.0 Å². The predicted molar refractivity (Wildman–Crippen MR) is 64.4 cm³/mol. The number of rotatable bonds is 4. The van der Waals surface area contributed by atoms with Crippen LogP contribution in [0.25, 0.3) is 0 Å². The number of benzene rings is 1. The Balaban J connectivity index is 3.13. The van der Waals surface area contributed by atoms with Crippen LogP contribution in [-0.4, -0.2) is 13.7 Å². The van der Waals surface area contributed by atoms with E-state index < -0.39 is 0 Å². The zero-order valence-corrected chi connectivity index (χ0v) is 10.1. The molecular formula is C13H21NO. The number of ether oxygens (including phenoxy) is 1. The fourth-order valence-electron chi connectivity index (χ4n) is 1.90. The molecule has 1 atom stereocenters. The van der Waals surface area contributed by atoms with Crippen molar-refractivity contribution in [1.82, 2.24) is 0 Å². The summed E-state index contributed by atoms with van der Waals surface area (Å²) < 4.78 is 5.38. The summed E-state index contributed by atoms with van der Waals surface area (Å²) in [6.07, 6.45) is 0. The molecule has 84 valence electrons. The molecule has 15 heavy (non-hydrogen) atoms. The van der Waals surface area contributed by atoms with Crippen molar-refractivity contribution in [2.24, 2.45) is 11.7 Å². The molecule has 0 saturated heterocycles. The van der Waals surface area contributed by atoms with Gasteiger partial charge in [0.1, 0.15) is 5.75 Å². The maximum Gasteiger partial charge on any atom is 0.122 e. The third-order valence-corrected chi connectivity index (χ3v) is 2.84. The predicted octanol–water partition coefficient (Wildman–Crippen LogP) is 2.70. The molecule has 0 heterocycles. The van der Waals surface area contributed by atoms with Gasteiger partial charge in [0.2, 0.25) is 0 Å². The van der Waals surface area contributed by atoms with Crippen molar-refractivity contribution in [3.63, 3.8) is 0 Å². The SMILES string of the molecule is COc1ccc(C)cc1C(CN)C(C)C. The van der Waals surface area contributed by atoms with Gasteiger partial charge in [0.25, 0.3) is 0 Å². The van der Waals surface area contributed by atoms with Gasteiger partial charge in [0.15, 0.2) is 0 Å². The van der Waals surface area contributed by atoms with Crippen LogP contribution < -0.4 is 10.5 Å². The Labute approximate surface area is 92.4 Å². The second kappa shape index (κ2) is 5.17. The molecule has 0 aromatic heterocycles. The van der Waals surface area contributed by atoms with Gasteiger partial charge >= 0.3 is 0 Å². The molecule has 0 aliphatic carbocycles. The second-order valence-electron chi connectivity index (χ2n) is 4.33. The van der Waals surface area contributed by atoms with E-state index in [1.807, 2.05) is 6.07 Å². The molecule has 0 aliphatic rings. The third kappa shape index (κ3) is 2.72. The lowest BCUT2D eigenvalue weighted by Gasteiger charge is -2.22. The van der Waals surface area contributed by atoms with E-state index in [0.29, 0.717) is 18.4 Å². The monoisotopic (exact) mass is 207 g/mol. The average Bonchev–Trinajstić information content (AvgIpc) is 2.18. The summed E-state index contributed by atoms with van der Waals surface area (Å²) in [7, 11) is 1.71. The summed E-state index contributed by atoms with van der Waals surface area (Å²) in [5.74, 6) is 1.86. The van der Waals surface area contributed by atoms with E-state index >= 15 is 0 Å². The quantitative estimate of drug-likeness (QED) is 0.824. The molecule has 0 fully saturated rings. The molecule has 0 saturated carbocycles. The summed E-state index contributed by atoms with van der Waals surface area (Å²) in [5, 5.41) is 0. The number of hydrogen-bond donors (Lipinski definition) is 1. The van der Waals surface area contributed by atoms with Gasteiger partial charge in [-0.3, -0.25) is 0 Å². The van der Waals surface area contributed by atoms with Crippen molar-refractivity contribution < 1.29 is 4.74 Å². The Morgan fingerprint density at radius 2 is 2.00 bits per heavy atom. The zero-order chi connectivity index (χ0) is 11.4. The molecule has 2 heteroatoms. The molecule has 0 amide bonds. The molecule has 0 aliphatic heterocycles. The van der Waals surface area contributed by atoms with E-state index in [4.69, 9.17) is 10.5 Å². The highest BCUT2D eigenvalue weighted by molar-refractivity contribution is 5.39. The summed E-state index contributed by atoms with van der Waals surface area (Å²) >= 11 is 0. The molecule has 2 nitrogen and oxygen atoms in total. The highest BCUT2D eigenvalue weighted by atomic mass is 16.5. The van der Waals surface area contributed by atoms with Crippen LogP contribution in [0.2, 0.25) is 0 Å². The molecule has 1 aromatic rings. The fourth-order valence-corrected chi connectivity index (χ4v) is 1.90.